The number of carboxylic acids is 1. The van der Waals surface area contributed by atoms with E-state index in [0.29, 0.717) is 19.3 Å². The fraction of sp³-hybridized carbons (Fsp3) is 0.800. The highest BCUT2D eigenvalue weighted by Gasteiger charge is 2.46. The largest absolute Gasteiger partial charge is 0.479 e. The molecule has 0 saturated carbocycles. The molecule has 0 rings (SSSR count). The topological polar surface area (TPSA) is 125 Å². The van der Waals surface area contributed by atoms with E-state index in [1.807, 2.05) is 20.8 Å². The van der Waals surface area contributed by atoms with E-state index in [4.69, 9.17) is 19.3 Å². The highest BCUT2D eigenvalue weighted by atomic mass is 16.6. The zero-order valence-electron chi connectivity index (χ0n) is 17.7. The van der Waals surface area contributed by atoms with Gasteiger partial charge in [-0.3, -0.25) is 9.59 Å². The fourth-order valence-electron chi connectivity index (χ4n) is 2.26. The summed E-state index contributed by atoms with van der Waals surface area (Å²) in [5.41, 5.74) is -1.91. The third-order valence-corrected chi connectivity index (χ3v) is 3.96. The fourth-order valence-corrected chi connectivity index (χ4v) is 2.26. The van der Waals surface area contributed by atoms with Crippen LogP contribution in [0.4, 0.5) is 0 Å². The molecule has 0 spiro atoms. The first-order chi connectivity index (χ1) is 13.8. The van der Waals surface area contributed by atoms with Gasteiger partial charge in [-0.2, -0.15) is 0 Å². The van der Waals surface area contributed by atoms with Crippen LogP contribution in [0, 0.1) is 0 Å². The second-order valence-corrected chi connectivity index (χ2v) is 6.67. The Morgan fingerprint density at radius 3 is 1.72 bits per heavy atom. The van der Waals surface area contributed by atoms with E-state index in [1.165, 1.54) is 0 Å². The molecule has 0 aromatic rings. The first-order valence-electron chi connectivity index (χ1n) is 10.2. The summed E-state index contributed by atoms with van der Waals surface area (Å²) in [7, 11) is 0. The summed E-state index contributed by atoms with van der Waals surface area (Å²) in [5.74, 6) is -3.87. The SMILES string of the molecule is CCCCOC(=O)CC(CC(=O)OCC(=O)O)(OCCCC)C(=O)OCCCC. The Morgan fingerprint density at radius 2 is 1.21 bits per heavy atom. The molecule has 29 heavy (non-hydrogen) atoms. The lowest BCUT2D eigenvalue weighted by Gasteiger charge is -2.30. The van der Waals surface area contributed by atoms with E-state index in [9.17, 15) is 19.2 Å². The molecule has 0 heterocycles. The zero-order valence-corrected chi connectivity index (χ0v) is 17.7. The highest BCUT2D eigenvalue weighted by molar-refractivity contribution is 5.90. The average Bonchev–Trinajstić information content (AvgIpc) is 2.66. The first-order valence-corrected chi connectivity index (χ1v) is 10.2. The van der Waals surface area contributed by atoms with E-state index in [-0.39, 0.29) is 19.8 Å². The summed E-state index contributed by atoms with van der Waals surface area (Å²) < 4.78 is 20.7. The lowest BCUT2D eigenvalue weighted by Crippen LogP contribution is -2.47. The van der Waals surface area contributed by atoms with Crippen molar-refractivity contribution in [1.29, 1.82) is 0 Å². The summed E-state index contributed by atoms with van der Waals surface area (Å²) >= 11 is 0. The Labute approximate surface area is 172 Å². The molecular formula is C20H34O9. The van der Waals surface area contributed by atoms with Gasteiger partial charge >= 0.3 is 23.9 Å². The molecule has 0 aliphatic carbocycles. The summed E-state index contributed by atoms with van der Waals surface area (Å²) in [5, 5.41) is 8.68. The van der Waals surface area contributed by atoms with Crippen molar-refractivity contribution in [3.8, 4) is 0 Å². The van der Waals surface area contributed by atoms with Crippen molar-refractivity contribution >= 4 is 23.9 Å². The maximum Gasteiger partial charge on any atom is 0.341 e. The van der Waals surface area contributed by atoms with Crippen LogP contribution in [0.25, 0.3) is 0 Å². The molecule has 0 bridgehead atoms. The molecule has 0 aliphatic rings. The molecule has 0 aromatic heterocycles. The van der Waals surface area contributed by atoms with Crippen molar-refractivity contribution in [3.05, 3.63) is 0 Å². The van der Waals surface area contributed by atoms with Crippen molar-refractivity contribution < 1.29 is 43.2 Å². The molecule has 0 saturated heterocycles. The second kappa shape index (κ2) is 15.7. The van der Waals surface area contributed by atoms with Crippen molar-refractivity contribution in [2.24, 2.45) is 0 Å². The van der Waals surface area contributed by atoms with Gasteiger partial charge in [0, 0.05) is 6.61 Å². The second-order valence-electron chi connectivity index (χ2n) is 6.67. The lowest BCUT2D eigenvalue weighted by atomic mass is 9.94. The first kappa shape index (κ1) is 26.8. The maximum absolute atomic E-state index is 12.8. The van der Waals surface area contributed by atoms with Gasteiger partial charge in [-0.1, -0.05) is 40.0 Å². The summed E-state index contributed by atoms with van der Waals surface area (Å²) in [6.45, 7) is 5.36. The minimum Gasteiger partial charge on any atom is -0.479 e. The van der Waals surface area contributed by atoms with Crippen LogP contribution in [0.15, 0.2) is 0 Å². The number of rotatable bonds is 17. The number of aliphatic carboxylic acids is 1. The number of carboxylic acid groups (broad SMARTS) is 1. The van der Waals surface area contributed by atoms with E-state index in [2.05, 4.69) is 4.74 Å². The van der Waals surface area contributed by atoms with Crippen molar-refractivity contribution in [2.45, 2.75) is 77.7 Å². The zero-order chi connectivity index (χ0) is 22.1. The molecular weight excluding hydrogens is 384 g/mol. The van der Waals surface area contributed by atoms with Gasteiger partial charge in [-0.25, -0.2) is 9.59 Å². The minimum atomic E-state index is -1.91. The number of hydrogen-bond acceptors (Lipinski definition) is 8. The van der Waals surface area contributed by atoms with Crippen molar-refractivity contribution in [3.63, 3.8) is 0 Å². The van der Waals surface area contributed by atoms with Gasteiger partial charge in [0.05, 0.1) is 26.1 Å². The summed E-state index contributed by atoms with van der Waals surface area (Å²) in [4.78, 5) is 47.9. The summed E-state index contributed by atoms with van der Waals surface area (Å²) in [6.07, 6.45) is 3.09. The van der Waals surface area contributed by atoms with Crippen LogP contribution in [0.2, 0.25) is 0 Å². The number of hydrogen-bond donors (Lipinski definition) is 1. The van der Waals surface area contributed by atoms with Gasteiger partial charge in [-0.05, 0) is 19.3 Å². The third kappa shape index (κ3) is 12.1. The van der Waals surface area contributed by atoms with Gasteiger partial charge < -0.3 is 24.1 Å². The predicted molar refractivity (Wildman–Crippen MR) is 103 cm³/mol. The molecule has 0 fully saturated rings. The molecule has 1 atom stereocenters. The van der Waals surface area contributed by atoms with Gasteiger partial charge in [-0.15, -0.1) is 0 Å². The molecule has 0 aromatic carbocycles. The van der Waals surface area contributed by atoms with Crippen LogP contribution in [-0.4, -0.2) is 61.0 Å². The summed E-state index contributed by atoms with van der Waals surface area (Å²) in [6, 6.07) is 0. The molecule has 9 nitrogen and oxygen atoms in total. The van der Waals surface area contributed by atoms with Crippen molar-refractivity contribution in [2.75, 3.05) is 26.4 Å². The van der Waals surface area contributed by atoms with Gasteiger partial charge in [0.25, 0.3) is 0 Å². The van der Waals surface area contributed by atoms with E-state index in [0.717, 1.165) is 19.3 Å². The molecule has 168 valence electrons. The van der Waals surface area contributed by atoms with Crippen molar-refractivity contribution in [1.82, 2.24) is 0 Å². The van der Waals surface area contributed by atoms with E-state index < -0.39 is 48.9 Å². The monoisotopic (exact) mass is 418 g/mol. The Kier molecular flexibility index (Phi) is 14.6. The van der Waals surface area contributed by atoms with E-state index in [1.54, 1.807) is 0 Å². The molecule has 0 radical (unpaired) electrons. The Balaban J connectivity index is 5.46. The Bertz CT molecular complexity index is 518. The highest BCUT2D eigenvalue weighted by Crippen LogP contribution is 2.26. The number of esters is 3. The Hall–Kier alpha value is -2.16. The number of carbonyl (C=O) groups excluding carboxylic acids is 3. The standard InChI is InChI=1S/C20H34O9/c1-4-7-10-26-17(23)13-20(29-12-9-6-3,19(25)27-11-8-5-2)14-18(24)28-15-16(21)22/h4-15H2,1-3H3,(H,21,22). The third-order valence-electron chi connectivity index (χ3n) is 3.96. The average molecular weight is 418 g/mol. The van der Waals surface area contributed by atoms with Crippen LogP contribution in [-0.2, 0) is 38.1 Å². The van der Waals surface area contributed by atoms with Crippen LogP contribution >= 0.6 is 0 Å². The maximum atomic E-state index is 12.8. The molecule has 9 heteroatoms. The Morgan fingerprint density at radius 1 is 0.724 bits per heavy atom. The predicted octanol–water partition coefficient (Wildman–Crippen LogP) is 2.64. The number of carbonyl (C=O) groups is 4. The normalized spacial score (nSPS) is 12.7. The lowest BCUT2D eigenvalue weighted by molar-refractivity contribution is -0.186. The van der Waals surface area contributed by atoms with Crippen LogP contribution in [0.1, 0.15) is 72.1 Å². The molecule has 1 N–H and O–H groups in total. The quantitative estimate of drug-likeness (QED) is 0.215. The van der Waals surface area contributed by atoms with Crippen LogP contribution < -0.4 is 0 Å². The smallest absolute Gasteiger partial charge is 0.341 e. The van der Waals surface area contributed by atoms with Gasteiger partial charge in [0.15, 0.2) is 12.2 Å². The molecule has 0 amide bonds. The molecule has 1 unspecified atom stereocenters. The van der Waals surface area contributed by atoms with Crippen LogP contribution in [0.5, 0.6) is 0 Å². The van der Waals surface area contributed by atoms with Crippen LogP contribution in [0.3, 0.4) is 0 Å². The minimum absolute atomic E-state index is 0.114. The molecule has 0 aliphatic heterocycles. The number of ether oxygens (including phenoxy) is 4. The van der Waals surface area contributed by atoms with E-state index >= 15 is 0 Å². The number of unbranched alkanes of at least 4 members (excludes halogenated alkanes) is 3. The van der Waals surface area contributed by atoms with Gasteiger partial charge in [0.2, 0.25) is 0 Å². The van der Waals surface area contributed by atoms with Gasteiger partial charge in [0.1, 0.15) is 0 Å².